The molecule has 0 bridgehead atoms. The molecule has 0 fully saturated rings. The van der Waals surface area contributed by atoms with Gasteiger partial charge in [-0.25, -0.2) is 4.98 Å². The van der Waals surface area contributed by atoms with Gasteiger partial charge >= 0.3 is 0 Å². The average molecular weight is 199 g/mol. The zero-order valence-electron chi connectivity index (χ0n) is 8.59. The van der Waals surface area contributed by atoms with Gasteiger partial charge in [-0.05, 0) is 11.6 Å². The third-order valence-corrected chi connectivity index (χ3v) is 2.25. The zero-order chi connectivity index (χ0) is 10.7. The number of hydrogen-bond acceptors (Lipinski definition) is 2. The Balaban J connectivity index is 2.23. The topological polar surface area (TPSA) is 43.8 Å². The molecule has 0 saturated carbocycles. The van der Waals surface area contributed by atoms with E-state index in [1.54, 1.807) is 10.9 Å². The lowest BCUT2D eigenvalue weighted by atomic mass is 10.2. The summed E-state index contributed by atoms with van der Waals surface area (Å²) in [4.78, 5) is 4.18. The van der Waals surface area contributed by atoms with E-state index in [2.05, 4.69) is 4.98 Å². The molecule has 3 nitrogen and oxygen atoms in total. The van der Waals surface area contributed by atoms with Crippen LogP contribution in [0.5, 0.6) is 0 Å². The zero-order valence-corrected chi connectivity index (χ0v) is 8.59. The number of aryl methyl sites for hydroxylation is 1. The van der Waals surface area contributed by atoms with Gasteiger partial charge in [-0.15, -0.1) is 0 Å². The Bertz CT molecular complexity index is 469. The highest BCUT2D eigenvalue weighted by molar-refractivity contribution is 5.72. The maximum absolute atomic E-state index is 5.82. The molecule has 2 aromatic rings. The number of anilines is 1. The molecule has 1 aromatic carbocycles. The van der Waals surface area contributed by atoms with Crippen LogP contribution in [-0.2, 0) is 7.05 Å². The van der Waals surface area contributed by atoms with Crippen LogP contribution in [0, 0.1) is 0 Å². The Morgan fingerprint density at radius 3 is 2.53 bits per heavy atom. The second-order valence-corrected chi connectivity index (χ2v) is 3.37. The Kier molecular flexibility index (Phi) is 2.54. The van der Waals surface area contributed by atoms with Gasteiger partial charge in [0.1, 0.15) is 11.5 Å². The van der Waals surface area contributed by atoms with Crippen LogP contribution in [0.4, 0.5) is 5.82 Å². The SMILES string of the molecule is Cn1cnc(/C=C/c2ccccc2)c1N. The molecule has 76 valence electrons. The van der Waals surface area contributed by atoms with Gasteiger partial charge in [-0.1, -0.05) is 36.4 Å². The van der Waals surface area contributed by atoms with E-state index in [9.17, 15) is 0 Å². The van der Waals surface area contributed by atoms with Crippen molar-refractivity contribution < 1.29 is 0 Å². The van der Waals surface area contributed by atoms with Crippen LogP contribution >= 0.6 is 0 Å². The van der Waals surface area contributed by atoms with E-state index in [1.165, 1.54) is 0 Å². The van der Waals surface area contributed by atoms with Crippen molar-refractivity contribution in [3.8, 4) is 0 Å². The molecule has 0 radical (unpaired) electrons. The maximum Gasteiger partial charge on any atom is 0.130 e. The molecule has 0 aliphatic carbocycles. The number of benzene rings is 1. The Labute approximate surface area is 88.9 Å². The van der Waals surface area contributed by atoms with E-state index in [-0.39, 0.29) is 0 Å². The number of nitrogen functional groups attached to an aromatic ring is 1. The van der Waals surface area contributed by atoms with E-state index in [4.69, 9.17) is 5.73 Å². The normalized spacial score (nSPS) is 11.0. The largest absolute Gasteiger partial charge is 0.383 e. The molecule has 2 N–H and O–H groups in total. The van der Waals surface area contributed by atoms with Crippen LogP contribution in [-0.4, -0.2) is 9.55 Å². The summed E-state index contributed by atoms with van der Waals surface area (Å²) in [5.41, 5.74) is 7.76. The van der Waals surface area contributed by atoms with E-state index in [0.717, 1.165) is 11.3 Å². The fraction of sp³-hybridized carbons (Fsp3) is 0.0833. The van der Waals surface area contributed by atoms with Gasteiger partial charge < -0.3 is 10.3 Å². The van der Waals surface area contributed by atoms with Gasteiger partial charge in [0.2, 0.25) is 0 Å². The molecule has 2 rings (SSSR count). The fourth-order valence-electron chi connectivity index (χ4n) is 1.33. The van der Waals surface area contributed by atoms with Crippen molar-refractivity contribution in [3.63, 3.8) is 0 Å². The summed E-state index contributed by atoms with van der Waals surface area (Å²) in [6.45, 7) is 0. The molecule has 1 aromatic heterocycles. The summed E-state index contributed by atoms with van der Waals surface area (Å²) in [6.07, 6.45) is 5.63. The summed E-state index contributed by atoms with van der Waals surface area (Å²) in [5.74, 6) is 0.683. The number of hydrogen-bond donors (Lipinski definition) is 1. The molecule has 0 amide bonds. The highest BCUT2D eigenvalue weighted by Gasteiger charge is 1.99. The molecule has 15 heavy (non-hydrogen) atoms. The molecule has 3 heteroatoms. The van der Waals surface area contributed by atoms with Crippen LogP contribution in [0.3, 0.4) is 0 Å². The highest BCUT2D eigenvalue weighted by atomic mass is 15.1. The van der Waals surface area contributed by atoms with E-state index >= 15 is 0 Å². The van der Waals surface area contributed by atoms with Crippen molar-refractivity contribution in [1.82, 2.24) is 9.55 Å². The molecular weight excluding hydrogens is 186 g/mol. The number of nitrogens with two attached hydrogens (primary N) is 1. The van der Waals surface area contributed by atoms with Gasteiger partial charge in [0.25, 0.3) is 0 Å². The maximum atomic E-state index is 5.82. The molecule has 0 aliphatic rings. The van der Waals surface area contributed by atoms with Crippen LogP contribution in [0.2, 0.25) is 0 Å². The number of aromatic nitrogens is 2. The summed E-state index contributed by atoms with van der Waals surface area (Å²) >= 11 is 0. The number of imidazole rings is 1. The smallest absolute Gasteiger partial charge is 0.130 e. The lowest BCUT2D eigenvalue weighted by molar-refractivity contribution is 0.925. The third-order valence-electron chi connectivity index (χ3n) is 2.25. The van der Waals surface area contributed by atoms with E-state index in [1.807, 2.05) is 49.5 Å². The van der Waals surface area contributed by atoms with Crippen LogP contribution < -0.4 is 5.73 Å². The first-order valence-corrected chi connectivity index (χ1v) is 4.77. The van der Waals surface area contributed by atoms with Gasteiger partial charge in [0, 0.05) is 7.05 Å². The predicted octanol–water partition coefficient (Wildman–Crippen LogP) is 2.17. The third kappa shape index (κ3) is 2.07. The Hall–Kier alpha value is -2.03. The highest BCUT2D eigenvalue weighted by Crippen LogP contribution is 2.12. The Morgan fingerprint density at radius 1 is 1.20 bits per heavy atom. The van der Waals surface area contributed by atoms with Crippen LogP contribution in [0.25, 0.3) is 12.2 Å². The number of rotatable bonds is 2. The first-order chi connectivity index (χ1) is 7.27. The fourth-order valence-corrected chi connectivity index (χ4v) is 1.33. The quantitative estimate of drug-likeness (QED) is 0.805. The molecule has 0 atom stereocenters. The van der Waals surface area contributed by atoms with Gasteiger partial charge in [0.15, 0.2) is 0 Å². The summed E-state index contributed by atoms with van der Waals surface area (Å²) in [6, 6.07) is 10.1. The van der Waals surface area contributed by atoms with Crippen molar-refractivity contribution in [1.29, 1.82) is 0 Å². The minimum Gasteiger partial charge on any atom is -0.383 e. The van der Waals surface area contributed by atoms with Crippen LogP contribution in [0.1, 0.15) is 11.3 Å². The second kappa shape index (κ2) is 4.00. The molecule has 0 saturated heterocycles. The van der Waals surface area contributed by atoms with Crippen LogP contribution in [0.15, 0.2) is 36.7 Å². The molecule has 1 heterocycles. The van der Waals surface area contributed by atoms with Crippen molar-refractivity contribution in [2.45, 2.75) is 0 Å². The minimum atomic E-state index is 0.683. The molecule has 0 aliphatic heterocycles. The lowest BCUT2D eigenvalue weighted by Crippen LogP contribution is -1.95. The molecule has 0 spiro atoms. The standard InChI is InChI=1S/C12H13N3/c1-15-9-14-11(12(15)13)8-7-10-5-3-2-4-6-10/h2-9H,13H2,1H3/b8-7+. The van der Waals surface area contributed by atoms with Crippen molar-refractivity contribution in [3.05, 3.63) is 47.9 Å². The molecule has 0 unspecified atom stereocenters. The first kappa shape index (κ1) is 9.52. The van der Waals surface area contributed by atoms with Crippen molar-refractivity contribution in [2.24, 2.45) is 7.05 Å². The Morgan fingerprint density at radius 2 is 1.93 bits per heavy atom. The average Bonchev–Trinajstić information content (AvgIpc) is 2.59. The summed E-state index contributed by atoms with van der Waals surface area (Å²) in [5, 5.41) is 0. The van der Waals surface area contributed by atoms with E-state index < -0.39 is 0 Å². The second-order valence-electron chi connectivity index (χ2n) is 3.37. The first-order valence-electron chi connectivity index (χ1n) is 4.77. The summed E-state index contributed by atoms with van der Waals surface area (Å²) in [7, 11) is 1.88. The van der Waals surface area contributed by atoms with Gasteiger partial charge in [-0.2, -0.15) is 0 Å². The minimum absolute atomic E-state index is 0.683. The van der Waals surface area contributed by atoms with Gasteiger partial charge in [-0.3, -0.25) is 0 Å². The van der Waals surface area contributed by atoms with E-state index in [0.29, 0.717) is 5.82 Å². The monoisotopic (exact) mass is 199 g/mol. The molecular formula is C12H13N3. The van der Waals surface area contributed by atoms with Crippen molar-refractivity contribution in [2.75, 3.05) is 5.73 Å². The van der Waals surface area contributed by atoms with Crippen molar-refractivity contribution >= 4 is 18.0 Å². The summed E-state index contributed by atoms with van der Waals surface area (Å²) < 4.78 is 1.80. The predicted molar refractivity (Wildman–Crippen MR) is 63.0 cm³/mol. The lowest BCUT2D eigenvalue weighted by Gasteiger charge is -1.94. The number of nitrogens with zero attached hydrogens (tertiary/aromatic N) is 2. The van der Waals surface area contributed by atoms with Gasteiger partial charge in [0.05, 0.1) is 6.33 Å².